The summed E-state index contributed by atoms with van der Waals surface area (Å²) in [5.74, 6) is -2.57. The highest BCUT2D eigenvalue weighted by Gasteiger charge is 2.36. The lowest BCUT2D eigenvalue weighted by Crippen LogP contribution is -2.55. The molecule has 1 saturated heterocycles. The second-order valence-electron chi connectivity index (χ2n) is 9.05. The van der Waals surface area contributed by atoms with E-state index in [2.05, 4.69) is 19.9 Å². The van der Waals surface area contributed by atoms with E-state index in [1.165, 1.54) is 35.6 Å². The van der Waals surface area contributed by atoms with Crippen LogP contribution in [-0.4, -0.2) is 55.5 Å². The predicted molar refractivity (Wildman–Crippen MR) is 128 cm³/mol. The minimum atomic E-state index is -2.58. The van der Waals surface area contributed by atoms with Crippen LogP contribution in [0.5, 0.6) is 0 Å². The van der Waals surface area contributed by atoms with Crippen LogP contribution < -0.4 is 16.4 Å². The van der Waals surface area contributed by atoms with Gasteiger partial charge in [0, 0.05) is 30.6 Å². The molecule has 0 radical (unpaired) electrons. The highest BCUT2D eigenvalue weighted by molar-refractivity contribution is 6.05. The van der Waals surface area contributed by atoms with Gasteiger partial charge in [-0.25, -0.2) is 37.1 Å². The predicted octanol–water partition coefficient (Wildman–Crippen LogP) is 3.39. The molecule has 13 heteroatoms. The highest BCUT2D eigenvalue weighted by Crippen LogP contribution is 2.33. The van der Waals surface area contributed by atoms with Crippen LogP contribution in [0.1, 0.15) is 29.6 Å². The van der Waals surface area contributed by atoms with Crippen molar-refractivity contribution in [2.24, 2.45) is 5.73 Å². The van der Waals surface area contributed by atoms with Crippen molar-refractivity contribution in [3.05, 3.63) is 60.3 Å². The minimum Gasteiger partial charge on any atom is -0.382 e. The van der Waals surface area contributed by atoms with Crippen LogP contribution in [0.3, 0.4) is 0 Å². The maximum Gasteiger partial charge on any atom is 0.267 e. The van der Waals surface area contributed by atoms with Crippen molar-refractivity contribution in [2.45, 2.75) is 31.2 Å². The molecule has 3 aromatic heterocycles. The highest BCUT2D eigenvalue weighted by atomic mass is 19.3. The van der Waals surface area contributed by atoms with E-state index in [0.717, 1.165) is 12.1 Å². The number of hydrogen-bond donors (Lipinski definition) is 2. The SMILES string of the molecule is Nc1ncnc2c1ncn2C(=O)c1cc(-c2ccc(F)c(F)c2)ncc1N1CCC[C@](N)(CC(F)F)C1. The van der Waals surface area contributed by atoms with Crippen molar-refractivity contribution >= 4 is 28.6 Å². The van der Waals surface area contributed by atoms with Gasteiger partial charge in [0.2, 0.25) is 6.43 Å². The fourth-order valence-corrected chi connectivity index (χ4v) is 4.66. The third kappa shape index (κ3) is 4.69. The lowest BCUT2D eigenvalue weighted by Gasteiger charge is -2.41. The molecule has 1 aliphatic rings. The van der Waals surface area contributed by atoms with Gasteiger partial charge in [0.1, 0.15) is 12.7 Å². The number of benzene rings is 1. The number of nitrogens with zero attached hydrogens (tertiary/aromatic N) is 6. The summed E-state index contributed by atoms with van der Waals surface area (Å²) < 4.78 is 55.0. The maximum atomic E-state index is 13.9. The van der Waals surface area contributed by atoms with Crippen LogP contribution in [0.15, 0.2) is 43.1 Å². The molecular weight excluding hydrogens is 492 g/mol. The maximum absolute atomic E-state index is 13.9. The van der Waals surface area contributed by atoms with E-state index in [0.29, 0.717) is 25.1 Å². The summed E-state index contributed by atoms with van der Waals surface area (Å²) in [5, 5.41) is 0. The quantitative estimate of drug-likeness (QED) is 0.388. The standard InChI is InChI=1S/C24H22F4N8O/c25-15-3-2-13(6-16(15)26)17-7-14(23(37)36-12-34-20-21(29)32-11-33-22(20)36)18(9-31-17)35-5-1-4-24(30,10-35)8-19(27)28/h2-3,6-7,9,11-12,19H,1,4-5,8,10,30H2,(H2,29,32,33)/t24-/m0/s1. The summed E-state index contributed by atoms with van der Waals surface area (Å²) in [6, 6.07) is 4.70. The summed E-state index contributed by atoms with van der Waals surface area (Å²) in [7, 11) is 0. The minimum absolute atomic E-state index is 0.0730. The van der Waals surface area contributed by atoms with E-state index in [1.54, 1.807) is 4.90 Å². The Labute approximate surface area is 208 Å². The number of fused-ring (bicyclic) bond motifs is 1. The molecule has 1 aromatic carbocycles. The van der Waals surface area contributed by atoms with E-state index < -0.39 is 35.9 Å². The molecule has 4 heterocycles. The number of anilines is 2. The molecule has 0 saturated carbocycles. The van der Waals surface area contributed by atoms with Gasteiger partial charge in [-0.3, -0.25) is 9.78 Å². The zero-order chi connectivity index (χ0) is 26.3. The molecule has 4 aromatic rings. The Morgan fingerprint density at radius 2 is 1.92 bits per heavy atom. The van der Waals surface area contributed by atoms with E-state index in [-0.39, 0.29) is 40.3 Å². The van der Waals surface area contributed by atoms with Gasteiger partial charge >= 0.3 is 0 Å². The molecule has 1 atom stereocenters. The molecule has 192 valence electrons. The van der Waals surface area contributed by atoms with E-state index in [1.807, 2.05) is 0 Å². The van der Waals surface area contributed by atoms with Crippen molar-refractivity contribution in [3.8, 4) is 11.3 Å². The van der Waals surface area contributed by atoms with Crippen molar-refractivity contribution < 1.29 is 22.4 Å². The molecule has 0 unspecified atom stereocenters. The Morgan fingerprint density at radius 3 is 2.68 bits per heavy atom. The number of alkyl halides is 2. The van der Waals surface area contributed by atoms with Gasteiger partial charge < -0.3 is 16.4 Å². The van der Waals surface area contributed by atoms with Gasteiger partial charge in [0.25, 0.3) is 5.91 Å². The van der Waals surface area contributed by atoms with Crippen LogP contribution in [0.2, 0.25) is 0 Å². The number of imidazole rings is 1. The molecule has 1 fully saturated rings. The summed E-state index contributed by atoms with van der Waals surface area (Å²) in [4.78, 5) is 32.0. The van der Waals surface area contributed by atoms with Crippen molar-refractivity contribution in [1.82, 2.24) is 24.5 Å². The van der Waals surface area contributed by atoms with Crippen molar-refractivity contribution in [3.63, 3.8) is 0 Å². The van der Waals surface area contributed by atoms with E-state index in [4.69, 9.17) is 11.5 Å². The smallest absolute Gasteiger partial charge is 0.267 e. The first kappa shape index (κ1) is 24.6. The second kappa shape index (κ2) is 9.39. The number of carbonyl (C=O) groups is 1. The summed E-state index contributed by atoms with van der Waals surface area (Å²) in [5.41, 5.74) is 12.3. The zero-order valence-electron chi connectivity index (χ0n) is 19.4. The molecule has 0 bridgehead atoms. The van der Waals surface area contributed by atoms with E-state index in [9.17, 15) is 22.4 Å². The number of piperidine rings is 1. The first-order valence-corrected chi connectivity index (χ1v) is 11.4. The fourth-order valence-electron chi connectivity index (χ4n) is 4.66. The number of nitrogens with two attached hydrogens (primary N) is 2. The molecule has 0 amide bonds. The van der Waals surface area contributed by atoms with Crippen LogP contribution >= 0.6 is 0 Å². The van der Waals surface area contributed by atoms with Gasteiger partial charge in [0.05, 0.1) is 23.1 Å². The summed E-state index contributed by atoms with van der Waals surface area (Å²) in [6.07, 6.45) is 1.71. The molecule has 0 aliphatic carbocycles. The monoisotopic (exact) mass is 514 g/mol. The molecule has 5 rings (SSSR count). The molecule has 37 heavy (non-hydrogen) atoms. The lowest BCUT2D eigenvalue weighted by atomic mass is 9.86. The number of halogens is 4. The Morgan fingerprint density at radius 1 is 1.11 bits per heavy atom. The van der Waals surface area contributed by atoms with Crippen molar-refractivity contribution in [1.29, 1.82) is 0 Å². The molecule has 4 N–H and O–H groups in total. The molecule has 0 spiro atoms. The topological polar surface area (TPSA) is 129 Å². The Balaban J connectivity index is 1.62. The van der Waals surface area contributed by atoms with Gasteiger partial charge in [-0.05, 0) is 37.1 Å². The Hall–Kier alpha value is -4.13. The van der Waals surface area contributed by atoms with Crippen molar-refractivity contribution in [2.75, 3.05) is 23.7 Å². The summed E-state index contributed by atoms with van der Waals surface area (Å²) >= 11 is 0. The van der Waals surface area contributed by atoms with Crippen LogP contribution in [0.25, 0.3) is 22.4 Å². The molecular formula is C24H22F4N8O. The Kier molecular flexibility index (Phi) is 6.23. The fraction of sp³-hybridized carbons (Fsp3) is 0.292. The zero-order valence-corrected chi connectivity index (χ0v) is 19.4. The number of rotatable bonds is 5. The van der Waals surface area contributed by atoms with Gasteiger partial charge in [-0.1, -0.05) is 0 Å². The third-order valence-corrected chi connectivity index (χ3v) is 6.42. The van der Waals surface area contributed by atoms with Crippen LogP contribution in [-0.2, 0) is 0 Å². The first-order valence-electron chi connectivity index (χ1n) is 11.4. The second-order valence-corrected chi connectivity index (χ2v) is 9.05. The van der Waals surface area contributed by atoms with Crippen LogP contribution in [0, 0.1) is 11.6 Å². The number of aromatic nitrogens is 5. The molecule has 1 aliphatic heterocycles. The average molecular weight is 514 g/mol. The number of pyridine rings is 1. The Bertz CT molecular complexity index is 1490. The largest absolute Gasteiger partial charge is 0.382 e. The number of hydrogen-bond acceptors (Lipinski definition) is 8. The van der Waals surface area contributed by atoms with Crippen LogP contribution in [0.4, 0.5) is 29.1 Å². The molecule has 9 nitrogen and oxygen atoms in total. The lowest BCUT2D eigenvalue weighted by molar-refractivity contribution is 0.0953. The van der Waals surface area contributed by atoms with E-state index >= 15 is 0 Å². The number of nitrogen functional groups attached to an aromatic ring is 1. The number of carbonyl (C=O) groups excluding carboxylic acids is 1. The van der Waals surface area contributed by atoms with Gasteiger partial charge in [-0.2, -0.15) is 0 Å². The third-order valence-electron chi connectivity index (χ3n) is 6.42. The first-order chi connectivity index (χ1) is 17.6. The summed E-state index contributed by atoms with van der Waals surface area (Å²) in [6.45, 7) is 0.526. The average Bonchev–Trinajstić information content (AvgIpc) is 3.30. The normalized spacial score (nSPS) is 18.1. The van der Waals surface area contributed by atoms with Gasteiger partial charge in [-0.15, -0.1) is 0 Å². The van der Waals surface area contributed by atoms with Gasteiger partial charge in [0.15, 0.2) is 28.6 Å².